The van der Waals surface area contributed by atoms with E-state index in [2.05, 4.69) is 51.2 Å². The van der Waals surface area contributed by atoms with E-state index in [4.69, 9.17) is 5.26 Å². The normalized spacial score (nSPS) is 34.6. The van der Waals surface area contributed by atoms with E-state index < -0.39 is 0 Å². The molecule has 1 aromatic carbocycles. The second-order valence-corrected chi connectivity index (χ2v) is 7.97. The lowest BCUT2D eigenvalue weighted by molar-refractivity contribution is 0.100. The molecule has 2 aliphatic rings. The van der Waals surface area contributed by atoms with E-state index in [9.17, 15) is 0 Å². The minimum atomic E-state index is 0.332. The van der Waals surface area contributed by atoms with Gasteiger partial charge in [-0.2, -0.15) is 5.26 Å². The summed E-state index contributed by atoms with van der Waals surface area (Å²) in [5.74, 6) is 0.869. The quantitative estimate of drug-likeness (QED) is 0.890. The van der Waals surface area contributed by atoms with Crippen LogP contribution < -0.4 is 5.32 Å². The van der Waals surface area contributed by atoms with Crippen molar-refractivity contribution in [3.63, 3.8) is 0 Å². The van der Waals surface area contributed by atoms with Crippen molar-refractivity contribution in [1.29, 1.82) is 5.26 Å². The van der Waals surface area contributed by atoms with Crippen LogP contribution in [0.2, 0.25) is 0 Å². The maximum Gasteiger partial charge on any atom is 0.0991 e. The predicted octanol–water partition coefficient (Wildman–Crippen LogP) is 4.42. The average molecular weight is 282 g/mol. The molecule has 4 atom stereocenters. The fraction of sp³-hybridized carbons (Fsp3) is 0.632. The third kappa shape index (κ3) is 2.28. The Bertz CT molecular complexity index is 561. The Balaban J connectivity index is 1.78. The van der Waals surface area contributed by atoms with E-state index in [0.717, 1.165) is 11.5 Å². The fourth-order valence-corrected chi connectivity index (χ4v) is 4.91. The third-order valence-electron chi connectivity index (χ3n) is 6.23. The van der Waals surface area contributed by atoms with Crippen LogP contribution in [0.25, 0.3) is 0 Å². The van der Waals surface area contributed by atoms with Gasteiger partial charge in [-0.15, -0.1) is 0 Å². The van der Waals surface area contributed by atoms with Gasteiger partial charge >= 0.3 is 0 Å². The highest BCUT2D eigenvalue weighted by atomic mass is 15.0. The highest BCUT2D eigenvalue weighted by Crippen LogP contribution is 2.62. The van der Waals surface area contributed by atoms with Crippen molar-refractivity contribution in [2.75, 3.05) is 0 Å². The first-order valence-electron chi connectivity index (χ1n) is 8.13. The standard InChI is InChI=1S/C19H26N2/c1-13(15-7-5-14(12-20)6-8-15)21-17-18(2,3)16-9-10-19(17,4)11-16/h5-8,13,16-17,21H,9-11H2,1-4H3. The summed E-state index contributed by atoms with van der Waals surface area (Å²) >= 11 is 0. The van der Waals surface area contributed by atoms with Crippen LogP contribution in [-0.2, 0) is 0 Å². The number of nitrogens with one attached hydrogen (secondary N) is 1. The van der Waals surface area contributed by atoms with Gasteiger partial charge in [0, 0.05) is 12.1 Å². The molecule has 0 aromatic heterocycles. The van der Waals surface area contributed by atoms with Gasteiger partial charge in [-0.1, -0.05) is 32.9 Å². The van der Waals surface area contributed by atoms with Gasteiger partial charge < -0.3 is 5.32 Å². The Kier molecular flexibility index (Phi) is 3.37. The molecule has 0 saturated heterocycles. The molecule has 2 bridgehead atoms. The van der Waals surface area contributed by atoms with Crippen molar-refractivity contribution >= 4 is 0 Å². The van der Waals surface area contributed by atoms with Crippen LogP contribution >= 0.6 is 0 Å². The number of nitriles is 1. The average Bonchev–Trinajstić information content (AvgIpc) is 2.94. The number of benzene rings is 1. The van der Waals surface area contributed by atoms with E-state index in [0.29, 0.717) is 22.9 Å². The summed E-state index contributed by atoms with van der Waals surface area (Å²) in [7, 11) is 0. The van der Waals surface area contributed by atoms with Crippen LogP contribution in [0.1, 0.15) is 64.1 Å². The molecule has 2 heteroatoms. The molecule has 0 heterocycles. The second-order valence-electron chi connectivity index (χ2n) is 7.97. The van der Waals surface area contributed by atoms with Gasteiger partial charge in [-0.3, -0.25) is 0 Å². The summed E-state index contributed by atoms with van der Waals surface area (Å²) in [4.78, 5) is 0. The van der Waals surface area contributed by atoms with E-state index in [1.54, 1.807) is 0 Å². The number of hydrogen-bond donors (Lipinski definition) is 1. The van der Waals surface area contributed by atoms with Crippen molar-refractivity contribution in [2.24, 2.45) is 16.7 Å². The molecule has 2 nitrogen and oxygen atoms in total. The lowest BCUT2D eigenvalue weighted by Crippen LogP contribution is -2.50. The summed E-state index contributed by atoms with van der Waals surface area (Å²) in [6.07, 6.45) is 4.13. The molecule has 1 aromatic rings. The predicted molar refractivity (Wildman–Crippen MR) is 85.7 cm³/mol. The first kappa shape index (κ1) is 14.6. The smallest absolute Gasteiger partial charge is 0.0991 e. The van der Waals surface area contributed by atoms with Gasteiger partial charge in [0.05, 0.1) is 11.6 Å². The summed E-state index contributed by atoms with van der Waals surface area (Å²) < 4.78 is 0. The Morgan fingerprint density at radius 2 is 1.90 bits per heavy atom. The molecule has 0 spiro atoms. The molecule has 21 heavy (non-hydrogen) atoms. The zero-order valence-electron chi connectivity index (χ0n) is 13.6. The SMILES string of the molecule is CC(NC1C2(C)CCC(C2)C1(C)C)c1ccc(C#N)cc1. The monoisotopic (exact) mass is 282 g/mol. The highest BCUT2D eigenvalue weighted by Gasteiger charge is 2.59. The summed E-state index contributed by atoms with van der Waals surface area (Å²) in [5.41, 5.74) is 2.84. The number of hydrogen-bond acceptors (Lipinski definition) is 2. The van der Waals surface area contributed by atoms with Crippen LogP contribution in [0.5, 0.6) is 0 Å². The number of rotatable bonds is 3. The largest absolute Gasteiger partial charge is 0.306 e. The first-order valence-corrected chi connectivity index (χ1v) is 8.13. The molecule has 2 saturated carbocycles. The highest BCUT2D eigenvalue weighted by molar-refractivity contribution is 5.33. The van der Waals surface area contributed by atoms with Crippen molar-refractivity contribution in [3.8, 4) is 6.07 Å². The molecule has 2 fully saturated rings. The molecule has 4 unspecified atom stereocenters. The van der Waals surface area contributed by atoms with Crippen LogP contribution in [0.15, 0.2) is 24.3 Å². The maximum absolute atomic E-state index is 8.91. The van der Waals surface area contributed by atoms with E-state index in [1.807, 2.05) is 12.1 Å². The van der Waals surface area contributed by atoms with Gasteiger partial charge in [-0.05, 0) is 60.6 Å². The fourth-order valence-electron chi connectivity index (χ4n) is 4.91. The molecule has 0 aliphatic heterocycles. The molecule has 112 valence electrons. The lowest BCUT2D eigenvalue weighted by Gasteiger charge is -2.44. The summed E-state index contributed by atoms with van der Waals surface area (Å²) in [6.45, 7) is 9.58. The van der Waals surface area contributed by atoms with Crippen molar-refractivity contribution in [2.45, 2.75) is 59.0 Å². The van der Waals surface area contributed by atoms with Gasteiger partial charge in [-0.25, -0.2) is 0 Å². The van der Waals surface area contributed by atoms with Gasteiger partial charge in [0.2, 0.25) is 0 Å². The lowest BCUT2D eigenvalue weighted by atomic mass is 9.68. The molecular formula is C19H26N2. The van der Waals surface area contributed by atoms with Crippen molar-refractivity contribution in [3.05, 3.63) is 35.4 Å². The minimum Gasteiger partial charge on any atom is -0.306 e. The Morgan fingerprint density at radius 3 is 2.43 bits per heavy atom. The molecule has 2 aliphatic carbocycles. The van der Waals surface area contributed by atoms with E-state index >= 15 is 0 Å². The van der Waals surface area contributed by atoms with Crippen LogP contribution in [0.4, 0.5) is 0 Å². The minimum absolute atomic E-state index is 0.332. The van der Waals surface area contributed by atoms with Gasteiger partial charge in [0.25, 0.3) is 0 Å². The Hall–Kier alpha value is -1.33. The van der Waals surface area contributed by atoms with Gasteiger partial charge in [0.15, 0.2) is 0 Å². The zero-order chi connectivity index (χ0) is 15.3. The topological polar surface area (TPSA) is 35.8 Å². The molecular weight excluding hydrogens is 256 g/mol. The molecule has 0 amide bonds. The second kappa shape index (κ2) is 4.85. The molecule has 0 radical (unpaired) electrons. The van der Waals surface area contributed by atoms with E-state index in [-0.39, 0.29) is 0 Å². The van der Waals surface area contributed by atoms with Crippen LogP contribution in [-0.4, -0.2) is 6.04 Å². The Labute approximate surface area is 128 Å². The van der Waals surface area contributed by atoms with Crippen LogP contribution in [0.3, 0.4) is 0 Å². The van der Waals surface area contributed by atoms with Crippen molar-refractivity contribution in [1.82, 2.24) is 5.32 Å². The van der Waals surface area contributed by atoms with E-state index in [1.165, 1.54) is 24.8 Å². The summed E-state index contributed by atoms with van der Waals surface area (Å²) in [5, 5.41) is 12.8. The Morgan fingerprint density at radius 1 is 1.24 bits per heavy atom. The number of fused-ring (bicyclic) bond motifs is 2. The summed E-state index contributed by atoms with van der Waals surface area (Å²) in [6, 6.07) is 11.1. The first-order chi connectivity index (χ1) is 9.87. The third-order valence-corrected chi connectivity index (χ3v) is 6.23. The molecule has 1 N–H and O–H groups in total. The number of nitrogens with zero attached hydrogens (tertiary/aromatic N) is 1. The van der Waals surface area contributed by atoms with Crippen molar-refractivity contribution < 1.29 is 0 Å². The van der Waals surface area contributed by atoms with Gasteiger partial charge in [0.1, 0.15) is 0 Å². The zero-order valence-corrected chi connectivity index (χ0v) is 13.6. The maximum atomic E-state index is 8.91. The molecule has 3 rings (SSSR count). The van der Waals surface area contributed by atoms with Crippen LogP contribution in [0, 0.1) is 28.1 Å².